The first-order valence-corrected chi connectivity index (χ1v) is 10.4. The zero-order chi connectivity index (χ0) is 21.0. The first kappa shape index (κ1) is 20.1. The van der Waals surface area contributed by atoms with Gasteiger partial charge in [0, 0.05) is 19.5 Å². The lowest BCUT2D eigenvalue weighted by Crippen LogP contribution is -2.57. The molecule has 3 amide bonds. The number of hydrogen-bond donors (Lipinski definition) is 1. The molecule has 2 aromatic rings. The van der Waals surface area contributed by atoms with E-state index in [1.807, 2.05) is 60.7 Å². The molecular formula is C24H26N2O4. The molecule has 2 fully saturated rings. The van der Waals surface area contributed by atoms with Crippen LogP contribution in [0.25, 0.3) is 0 Å². The average Bonchev–Trinajstić information content (AvgIpc) is 2.79. The third kappa shape index (κ3) is 3.95. The van der Waals surface area contributed by atoms with Gasteiger partial charge in [0.25, 0.3) is 0 Å². The Morgan fingerprint density at radius 2 is 1.63 bits per heavy atom. The highest BCUT2D eigenvalue weighted by molar-refractivity contribution is 6.03. The Labute approximate surface area is 176 Å². The number of nitrogens with one attached hydrogen (secondary N) is 1. The number of ether oxygens (including phenoxy) is 1. The van der Waals surface area contributed by atoms with Gasteiger partial charge >= 0.3 is 6.09 Å². The fourth-order valence-electron chi connectivity index (χ4n) is 4.73. The van der Waals surface area contributed by atoms with E-state index in [0.717, 1.165) is 11.1 Å². The number of carbonyl (C=O) groups is 3. The Balaban J connectivity index is 1.44. The monoisotopic (exact) mass is 406 g/mol. The lowest BCUT2D eigenvalue weighted by atomic mass is 9.62. The van der Waals surface area contributed by atoms with Gasteiger partial charge in [-0.05, 0) is 36.3 Å². The molecule has 1 unspecified atom stereocenters. The van der Waals surface area contributed by atoms with Crippen LogP contribution in [0.2, 0.25) is 0 Å². The molecule has 2 aliphatic rings. The SMILES string of the molecule is O=C1CCC(c2ccccc2)(C2CCN(C(=O)OCc3ccccc3)CC2)C(=O)N1. The zero-order valence-electron chi connectivity index (χ0n) is 16.9. The van der Waals surface area contributed by atoms with Gasteiger partial charge in [-0.2, -0.15) is 0 Å². The smallest absolute Gasteiger partial charge is 0.410 e. The molecule has 0 bridgehead atoms. The van der Waals surface area contributed by atoms with Gasteiger partial charge in [-0.25, -0.2) is 4.79 Å². The molecule has 1 atom stereocenters. The third-order valence-corrected chi connectivity index (χ3v) is 6.35. The van der Waals surface area contributed by atoms with E-state index in [0.29, 0.717) is 38.8 Å². The maximum atomic E-state index is 13.1. The molecule has 156 valence electrons. The Morgan fingerprint density at radius 1 is 1.00 bits per heavy atom. The molecule has 0 aromatic heterocycles. The molecule has 0 saturated carbocycles. The van der Waals surface area contributed by atoms with Gasteiger partial charge < -0.3 is 9.64 Å². The van der Waals surface area contributed by atoms with Crippen LogP contribution in [0.5, 0.6) is 0 Å². The molecule has 4 rings (SSSR count). The van der Waals surface area contributed by atoms with Gasteiger partial charge in [0.15, 0.2) is 0 Å². The van der Waals surface area contributed by atoms with Crippen LogP contribution in [0.4, 0.5) is 4.79 Å². The number of carbonyl (C=O) groups excluding carboxylic acids is 3. The predicted molar refractivity (Wildman–Crippen MR) is 111 cm³/mol. The van der Waals surface area contributed by atoms with Gasteiger partial charge in [0.2, 0.25) is 11.8 Å². The standard InChI is InChI=1S/C24H26N2O4/c27-21-11-14-24(22(28)25-21,19-9-5-2-6-10-19)20-12-15-26(16-13-20)23(29)30-17-18-7-3-1-4-8-18/h1-10,20H,11-17H2,(H,25,27,28). The van der Waals surface area contributed by atoms with Crippen molar-refractivity contribution in [3.63, 3.8) is 0 Å². The molecule has 2 saturated heterocycles. The first-order chi connectivity index (χ1) is 14.6. The fraction of sp³-hybridized carbons (Fsp3) is 0.375. The third-order valence-electron chi connectivity index (χ3n) is 6.35. The van der Waals surface area contributed by atoms with Gasteiger partial charge in [-0.3, -0.25) is 14.9 Å². The summed E-state index contributed by atoms with van der Waals surface area (Å²) in [6.07, 6.45) is 1.90. The second kappa shape index (κ2) is 8.69. The number of hydrogen-bond acceptors (Lipinski definition) is 4. The summed E-state index contributed by atoms with van der Waals surface area (Å²) in [7, 11) is 0. The van der Waals surface area contributed by atoms with Crippen molar-refractivity contribution in [2.75, 3.05) is 13.1 Å². The molecule has 2 aliphatic heterocycles. The first-order valence-electron chi connectivity index (χ1n) is 10.4. The van der Waals surface area contributed by atoms with Crippen LogP contribution in [-0.4, -0.2) is 35.9 Å². The fourth-order valence-corrected chi connectivity index (χ4v) is 4.73. The number of rotatable bonds is 4. The van der Waals surface area contributed by atoms with Crippen molar-refractivity contribution in [3.8, 4) is 0 Å². The van der Waals surface area contributed by atoms with Gasteiger partial charge in [0.05, 0.1) is 5.41 Å². The van der Waals surface area contributed by atoms with Crippen LogP contribution in [0.3, 0.4) is 0 Å². The number of amides is 3. The van der Waals surface area contributed by atoms with E-state index in [-0.39, 0.29) is 30.4 Å². The van der Waals surface area contributed by atoms with E-state index in [1.54, 1.807) is 4.90 Å². The Kier molecular flexibility index (Phi) is 5.84. The summed E-state index contributed by atoms with van der Waals surface area (Å²) in [6.45, 7) is 1.32. The van der Waals surface area contributed by atoms with Crippen LogP contribution in [0.1, 0.15) is 36.8 Å². The summed E-state index contributed by atoms with van der Waals surface area (Å²) in [4.78, 5) is 39.1. The number of benzene rings is 2. The van der Waals surface area contributed by atoms with Crippen molar-refractivity contribution < 1.29 is 19.1 Å². The normalized spacial score (nSPS) is 22.5. The molecule has 6 nitrogen and oxygen atoms in total. The summed E-state index contributed by atoms with van der Waals surface area (Å²) >= 11 is 0. The molecule has 6 heteroatoms. The van der Waals surface area contributed by atoms with Crippen molar-refractivity contribution >= 4 is 17.9 Å². The van der Waals surface area contributed by atoms with Crippen molar-refractivity contribution in [1.82, 2.24) is 10.2 Å². The maximum Gasteiger partial charge on any atom is 0.410 e. The Bertz CT molecular complexity index is 907. The van der Waals surface area contributed by atoms with Crippen molar-refractivity contribution in [2.24, 2.45) is 5.92 Å². The second-order valence-electron chi connectivity index (χ2n) is 8.02. The summed E-state index contributed by atoms with van der Waals surface area (Å²) in [5.74, 6) is -0.366. The number of nitrogens with zero attached hydrogens (tertiary/aromatic N) is 1. The molecule has 1 N–H and O–H groups in total. The minimum Gasteiger partial charge on any atom is -0.445 e. The Morgan fingerprint density at radius 3 is 2.27 bits per heavy atom. The number of piperidine rings is 2. The highest BCUT2D eigenvalue weighted by atomic mass is 16.6. The highest BCUT2D eigenvalue weighted by Gasteiger charge is 2.50. The average molecular weight is 406 g/mol. The summed E-state index contributed by atoms with van der Waals surface area (Å²) in [6, 6.07) is 19.3. The molecule has 0 radical (unpaired) electrons. The molecular weight excluding hydrogens is 380 g/mol. The zero-order valence-corrected chi connectivity index (χ0v) is 16.9. The minimum absolute atomic E-state index is 0.0613. The largest absolute Gasteiger partial charge is 0.445 e. The quantitative estimate of drug-likeness (QED) is 0.790. The van der Waals surface area contributed by atoms with Gasteiger partial charge in [0.1, 0.15) is 6.61 Å². The van der Waals surface area contributed by atoms with E-state index >= 15 is 0 Å². The molecule has 2 aromatic carbocycles. The van der Waals surface area contributed by atoms with Crippen molar-refractivity contribution in [1.29, 1.82) is 0 Å². The summed E-state index contributed by atoms with van der Waals surface area (Å²) in [5, 5.41) is 2.56. The summed E-state index contributed by atoms with van der Waals surface area (Å²) in [5.41, 5.74) is 1.17. The minimum atomic E-state index is -0.727. The lowest BCUT2D eigenvalue weighted by molar-refractivity contribution is -0.140. The van der Waals surface area contributed by atoms with E-state index in [2.05, 4.69) is 5.32 Å². The number of imide groups is 1. The Hall–Kier alpha value is -3.15. The van der Waals surface area contributed by atoms with E-state index < -0.39 is 5.41 Å². The maximum absolute atomic E-state index is 13.1. The lowest BCUT2D eigenvalue weighted by Gasteiger charge is -2.45. The van der Waals surface area contributed by atoms with Crippen LogP contribution in [0.15, 0.2) is 60.7 Å². The van der Waals surface area contributed by atoms with Crippen LogP contribution < -0.4 is 5.32 Å². The van der Waals surface area contributed by atoms with E-state index in [1.165, 1.54) is 0 Å². The molecule has 0 aliphatic carbocycles. The topological polar surface area (TPSA) is 75.7 Å². The van der Waals surface area contributed by atoms with Gasteiger partial charge in [-0.1, -0.05) is 60.7 Å². The van der Waals surface area contributed by atoms with E-state index in [9.17, 15) is 14.4 Å². The van der Waals surface area contributed by atoms with Crippen LogP contribution in [0, 0.1) is 5.92 Å². The highest BCUT2D eigenvalue weighted by Crippen LogP contribution is 2.44. The molecule has 0 spiro atoms. The van der Waals surface area contributed by atoms with E-state index in [4.69, 9.17) is 4.74 Å². The second-order valence-corrected chi connectivity index (χ2v) is 8.02. The van der Waals surface area contributed by atoms with Crippen LogP contribution in [-0.2, 0) is 26.3 Å². The van der Waals surface area contributed by atoms with Crippen molar-refractivity contribution in [2.45, 2.75) is 37.7 Å². The number of likely N-dealkylation sites (tertiary alicyclic amines) is 1. The molecule has 30 heavy (non-hydrogen) atoms. The molecule has 2 heterocycles. The predicted octanol–water partition coefficient (Wildman–Crippen LogP) is 3.41. The van der Waals surface area contributed by atoms with Crippen molar-refractivity contribution in [3.05, 3.63) is 71.8 Å². The van der Waals surface area contributed by atoms with Gasteiger partial charge in [-0.15, -0.1) is 0 Å². The van der Waals surface area contributed by atoms with Crippen LogP contribution >= 0.6 is 0 Å². The summed E-state index contributed by atoms with van der Waals surface area (Å²) < 4.78 is 5.46.